The summed E-state index contributed by atoms with van der Waals surface area (Å²) in [6.07, 6.45) is 3.26. The summed E-state index contributed by atoms with van der Waals surface area (Å²) in [6.45, 7) is 1.73. The molecule has 0 spiro atoms. The van der Waals surface area contributed by atoms with Crippen molar-refractivity contribution in [2.24, 2.45) is 0 Å². The van der Waals surface area contributed by atoms with E-state index in [1.807, 2.05) is 4.90 Å². The molecule has 0 bridgehead atoms. The van der Waals surface area contributed by atoms with E-state index in [4.69, 9.17) is 39.5 Å². The van der Waals surface area contributed by atoms with Gasteiger partial charge in [-0.05, 0) is 43.5 Å². The number of carbonyl (C=O) groups is 1. The van der Waals surface area contributed by atoms with Crippen LogP contribution in [0.1, 0.15) is 35.4 Å². The number of hydrogen-bond donors (Lipinski definition) is 0. The molecule has 2 heterocycles. The number of pyridine rings is 1. The lowest BCUT2D eigenvalue weighted by Crippen LogP contribution is -2.36. The highest BCUT2D eigenvalue weighted by Crippen LogP contribution is 2.36. The smallest absolute Gasteiger partial charge is 0.272 e. The van der Waals surface area contributed by atoms with E-state index in [2.05, 4.69) is 4.98 Å². The summed E-state index contributed by atoms with van der Waals surface area (Å²) in [5.41, 5.74) is 1.06. The molecule has 0 saturated carbocycles. The number of benzene rings is 1. The van der Waals surface area contributed by atoms with Crippen LogP contribution >= 0.6 is 34.8 Å². The molecule has 1 amide bonds. The van der Waals surface area contributed by atoms with Crippen molar-refractivity contribution in [2.75, 3.05) is 13.1 Å². The zero-order valence-electron chi connectivity index (χ0n) is 13.5. The topological polar surface area (TPSA) is 42.4 Å². The number of halogens is 3. The van der Waals surface area contributed by atoms with Crippen LogP contribution in [0.25, 0.3) is 0 Å². The van der Waals surface area contributed by atoms with Crippen LogP contribution in [0, 0.1) is 0 Å². The first-order chi connectivity index (χ1) is 12.0. The molecule has 1 saturated heterocycles. The Bertz CT molecular complexity index is 754. The molecule has 0 atom stereocenters. The first-order valence-corrected chi connectivity index (χ1v) is 9.20. The first-order valence-electron chi connectivity index (χ1n) is 8.07. The maximum absolute atomic E-state index is 12.5. The molecule has 1 fully saturated rings. The zero-order valence-corrected chi connectivity index (χ0v) is 15.7. The monoisotopic (exact) mass is 398 g/mol. The van der Waals surface area contributed by atoms with Crippen LogP contribution in [0.5, 0.6) is 5.75 Å². The molecule has 1 aromatic heterocycles. The molecule has 1 aliphatic rings. The maximum Gasteiger partial charge on any atom is 0.272 e. The van der Waals surface area contributed by atoms with Gasteiger partial charge in [0.05, 0.1) is 15.7 Å². The number of carbonyl (C=O) groups excluding carboxylic acids is 1. The van der Waals surface area contributed by atoms with Crippen LogP contribution in [0.3, 0.4) is 0 Å². The molecule has 0 aliphatic carbocycles. The largest absolute Gasteiger partial charge is 0.484 e. The molecule has 0 N–H and O–H groups in total. The van der Waals surface area contributed by atoms with Crippen molar-refractivity contribution in [1.82, 2.24) is 9.88 Å². The highest BCUT2D eigenvalue weighted by Gasteiger charge is 2.19. The number of hydrogen-bond acceptors (Lipinski definition) is 3. The average Bonchev–Trinajstić information content (AvgIpc) is 2.61. The van der Waals surface area contributed by atoms with E-state index in [-0.39, 0.29) is 12.5 Å². The Labute approximate surface area is 161 Å². The Balaban J connectivity index is 1.71. The predicted molar refractivity (Wildman–Crippen MR) is 99.8 cm³/mol. The third-order valence-corrected chi connectivity index (χ3v) is 4.78. The van der Waals surface area contributed by atoms with Gasteiger partial charge in [-0.15, -0.1) is 0 Å². The number of aromatic nitrogens is 1. The molecule has 2 aromatic rings. The molecular formula is C18H17Cl3N2O2. The normalized spacial score (nSPS) is 14.4. The van der Waals surface area contributed by atoms with Crippen LogP contribution < -0.4 is 4.74 Å². The van der Waals surface area contributed by atoms with E-state index >= 15 is 0 Å². The minimum Gasteiger partial charge on any atom is -0.484 e. The Morgan fingerprint density at radius 2 is 1.76 bits per heavy atom. The van der Waals surface area contributed by atoms with Gasteiger partial charge in [-0.1, -0.05) is 40.9 Å². The number of likely N-dealkylation sites (tertiary alicyclic amines) is 1. The highest BCUT2D eigenvalue weighted by atomic mass is 35.5. The summed E-state index contributed by atoms with van der Waals surface area (Å²) in [7, 11) is 0. The molecule has 7 heteroatoms. The van der Waals surface area contributed by atoms with E-state index < -0.39 is 0 Å². The molecule has 3 rings (SSSR count). The quantitative estimate of drug-likeness (QED) is 0.705. The Morgan fingerprint density at radius 3 is 2.44 bits per heavy atom. The van der Waals surface area contributed by atoms with Crippen molar-refractivity contribution < 1.29 is 9.53 Å². The van der Waals surface area contributed by atoms with Crippen LogP contribution in [0.2, 0.25) is 15.1 Å². The minimum atomic E-state index is -0.0379. The minimum absolute atomic E-state index is 0.0379. The van der Waals surface area contributed by atoms with Crippen molar-refractivity contribution in [3.63, 3.8) is 0 Å². The van der Waals surface area contributed by atoms with Crippen LogP contribution in [-0.2, 0) is 6.61 Å². The van der Waals surface area contributed by atoms with Gasteiger partial charge in [-0.3, -0.25) is 4.79 Å². The van der Waals surface area contributed by atoms with Crippen molar-refractivity contribution in [3.05, 3.63) is 56.8 Å². The number of nitrogens with zero attached hydrogens (tertiary/aromatic N) is 2. The second-order valence-electron chi connectivity index (χ2n) is 5.85. The lowest BCUT2D eigenvalue weighted by atomic mass is 10.1. The number of amides is 1. The first kappa shape index (κ1) is 18.3. The summed E-state index contributed by atoms with van der Waals surface area (Å²) in [5.74, 6) is 0.311. The fourth-order valence-corrected chi connectivity index (χ4v) is 3.68. The van der Waals surface area contributed by atoms with Gasteiger partial charge >= 0.3 is 0 Å². The van der Waals surface area contributed by atoms with Crippen molar-refractivity contribution >= 4 is 40.7 Å². The fraction of sp³-hybridized carbons (Fsp3) is 0.333. The second-order valence-corrected chi connectivity index (χ2v) is 7.11. The highest BCUT2D eigenvalue weighted by molar-refractivity contribution is 6.40. The van der Waals surface area contributed by atoms with E-state index in [0.29, 0.717) is 32.2 Å². The summed E-state index contributed by atoms with van der Waals surface area (Å²) < 4.78 is 5.68. The Hall–Kier alpha value is -1.49. The summed E-state index contributed by atoms with van der Waals surface area (Å²) in [4.78, 5) is 18.8. The van der Waals surface area contributed by atoms with Gasteiger partial charge in [0.2, 0.25) is 0 Å². The van der Waals surface area contributed by atoms with E-state index in [1.165, 1.54) is 6.42 Å². The standard InChI is InChI=1S/C18H17Cl3N2O2/c19-12-9-14(20)17(15(21)10-12)25-11-13-5-4-6-16(22-13)18(24)23-7-2-1-3-8-23/h4-6,9-10H,1-3,7-8,11H2. The molecule has 25 heavy (non-hydrogen) atoms. The molecule has 1 aliphatic heterocycles. The third-order valence-electron chi connectivity index (χ3n) is 4.00. The SMILES string of the molecule is O=C(c1cccc(COc2c(Cl)cc(Cl)cc2Cl)n1)N1CCCCC1. The van der Waals surface area contributed by atoms with Gasteiger partial charge < -0.3 is 9.64 Å². The van der Waals surface area contributed by atoms with E-state index in [9.17, 15) is 4.79 Å². The van der Waals surface area contributed by atoms with Gasteiger partial charge in [0.15, 0.2) is 5.75 Å². The second kappa shape index (κ2) is 8.26. The van der Waals surface area contributed by atoms with Gasteiger partial charge in [-0.25, -0.2) is 4.98 Å². The van der Waals surface area contributed by atoms with Gasteiger partial charge in [0.25, 0.3) is 5.91 Å². The number of rotatable bonds is 4. The zero-order chi connectivity index (χ0) is 17.8. The van der Waals surface area contributed by atoms with Crippen LogP contribution in [0.15, 0.2) is 30.3 Å². The van der Waals surface area contributed by atoms with E-state index in [1.54, 1.807) is 30.3 Å². The van der Waals surface area contributed by atoms with Gasteiger partial charge in [-0.2, -0.15) is 0 Å². The summed E-state index contributed by atoms with van der Waals surface area (Å²) in [5, 5.41) is 1.10. The lowest BCUT2D eigenvalue weighted by molar-refractivity contribution is 0.0718. The van der Waals surface area contributed by atoms with Gasteiger partial charge in [0, 0.05) is 18.1 Å². The predicted octanol–water partition coefficient (Wildman–Crippen LogP) is 5.25. The molecule has 0 radical (unpaired) electrons. The summed E-state index contributed by atoms with van der Waals surface area (Å²) in [6, 6.07) is 8.45. The fourth-order valence-electron chi connectivity index (χ4n) is 2.75. The van der Waals surface area contributed by atoms with E-state index in [0.717, 1.165) is 25.9 Å². The Kier molecular flexibility index (Phi) is 6.05. The van der Waals surface area contributed by atoms with Crippen LogP contribution in [0.4, 0.5) is 0 Å². The lowest BCUT2D eigenvalue weighted by Gasteiger charge is -2.26. The maximum atomic E-state index is 12.5. The number of piperidine rings is 1. The average molecular weight is 400 g/mol. The van der Waals surface area contributed by atoms with Crippen LogP contribution in [-0.4, -0.2) is 28.9 Å². The number of ether oxygens (including phenoxy) is 1. The summed E-state index contributed by atoms with van der Waals surface area (Å²) >= 11 is 18.1. The molecular weight excluding hydrogens is 383 g/mol. The molecule has 1 aromatic carbocycles. The molecule has 0 unspecified atom stereocenters. The van der Waals surface area contributed by atoms with Crippen molar-refractivity contribution in [2.45, 2.75) is 25.9 Å². The molecule has 4 nitrogen and oxygen atoms in total. The van der Waals surface area contributed by atoms with Gasteiger partial charge in [0.1, 0.15) is 12.3 Å². The Morgan fingerprint density at radius 1 is 1.08 bits per heavy atom. The van der Waals surface area contributed by atoms with Crippen molar-refractivity contribution in [3.8, 4) is 5.75 Å². The third kappa shape index (κ3) is 4.57. The molecule has 132 valence electrons. The van der Waals surface area contributed by atoms with Crippen molar-refractivity contribution in [1.29, 1.82) is 0 Å².